The van der Waals surface area contributed by atoms with Crippen LogP contribution in [0.25, 0.3) is 0 Å². The molecule has 0 aromatic heterocycles. The Hall–Kier alpha value is -0.610. The third-order valence-electron chi connectivity index (χ3n) is 5.70. The van der Waals surface area contributed by atoms with Crippen molar-refractivity contribution in [1.82, 2.24) is 0 Å². The van der Waals surface area contributed by atoms with Crippen LogP contribution in [0.4, 0.5) is 0 Å². The van der Waals surface area contributed by atoms with Crippen LogP contribution >= 0.6 is 0 Å². The van der Waals surface area contributed by atoms with Gasteiger partial charge in [0.25, 0.3) is 0 Å². The lowest BCUT2D eigenvalue weighted by Crippen LogP contribution is -2.36. The number of ether oxygens (including phenoxy) is 3. The molecule has 0 unspecified atom stereocenters. The lowest BCUT2D eigenvalue weighted by molar-refractivity contribution is -0.158. The molecule has 0 bridgehead atoms. The summed E-state index contributed by atoms with van der Waals surface area (Å²) in [5.74, 6) is 0.390. The minimum atomic E-state index is -0.485. The lowest BCUT2D eigenvalue weighted by atomic mass is 9.69. The first-order valence-corrected chi connectivity index (χ1v) is 9.91. The van der Waals surface area contributed by atoms with Gasteiger partial charge >= 0.3 is 5.97 Å². The van der Waals surface area contributed by atoms with Crippen molar-refractivity contribution in [3.05, 3.63) is 0 Å². The Morgan fingerprint density at radius 3 is 1.81 bits per heavy atom. The molecule has 26 heavy (non-hydrogen) atoms. The molecule has 0 saturated carbocycles. The Balaban J connectivity index is 4.41. The normalized spacial score (nSPS) is 14.0. The fraction of sp³-hybridized carbons (Fsp3) is 0.955. The summed E-state index contributed by atoms with van der Waals surface area (Å²) in [5.41, 5.74) is -0.901. The van der Waals surface area contributed by atoms with Crippen LogP contribution in [0.2, 0.25) is 0 Å². The molecular weight excluding hydrogens is 328 g/mol. The molecule has 0 spiro atoms. The van der Waals surface area contributed by atoms with Gasteiger partial charge in [0.1, 0.15) is 0 Å². The van der Waals surface area contributed by atoms with E-state index in [0.29, 0.717) is 25.6 Å². The van der Waals surface area contributed by atoms with Crippen molar-refractivity contribution in [1.29, 1.82) is 0 Å². The van der Waals surface area contributed by atoms with E-state index in [1.54, 1.807) is 7.11 Å². The van der Waals surface area contributed by atoms with Crippen molar-refractivity contribution in [3.8, 4) is 0 Å². The van der Waals surface area contributed by atoms with Gasteiger partial charge in [0, 0.05) is 13.5 Å². The summed E-state index contributed by atoms with van der Waals surface area (Å²) in [4.78, 5) is 12.6. The van der Waals surface area contributed by atoms with Crippen LogP contribution in [0, 0.1) is 16.7 Å². The topological polar surface area (TPSA) is 44.8 Å². The Morgan fingerprint density at radius 2 is 1.35 bits per heavy atom. The molecule has 0 aliphatic carbocycles. The highest BCUT2D eigenvalue weighted by molar-refractivity contribution is 5.75. The molecule has 4 heteroatoms. The van der Waals surface area contributed by atoms with Crippen molar-refractivity contribution in [3.63, 3.8) is 0 Å². The van der Waals surface area contributed by atoms with E-state index in [1.807, 2.05) is 41.5 Å². The van der Waals surface area contributed by atoms with Crippen molar-refractivity contribution < 1.29 is 19.0 Å². The fourth-order valence-electron chi connectivity index (χ4n) is 2.75. The number of hydrogen-bond donors (Lipinski definition) is 0. The largest absolute Gasteiger partial charge is 0.465 e. The Kier molecular flexibility index (Phi) is 9.32. The van der Waals surface area contributed by atoms with E-state index < -0.39 is 5.41 Å². The quantitative estimate of drug-likeness (QED) is 0.417. The van der Waals surface area contributed by atoms with Crippen LogP contribution in [0.3, 0.4) is 0 Å². The second kappa shape index (κ2) is 9.54. The number of carbonyl (C=O) groups is 1. The second-order valence-electron chi connectivity index (χ2n) is 10.4. The van der Waals surface area contributed by atoms with E-state index in [1.165, 1.54) is 0 Å². The van der Waals surface area contributed by atoms with E-state index in [9.17, 15) is 4.79 Å². The predicted molar refractivity (Wildman–Crippen MR) is 108 cm³/mol. The highest BCUT2D eigenvalue weighted by atomic mass is 16.5. The minimum Gasteiger partial charge on any atom is -0.465 e. The lowest BCUT2D eigenvalue weighted by Gasteiger charge is -2.36. The van der Waals surface area contributed by atoms with Gasteiger partial charge in [-0.2, -0.15) is 0 Å². The van der Waals surface area contributed by atoms with Gasteiger partial charge in [0.05, 0.1) is 29.8 Å². The zero-order valence-corrected chi connectivity index (χ0v) is 19.2. The highest BCUT2D eigenvalue weighted by Crippen LogP contribution is 2.39. The molecule has 0 aromatic rings. The third-order valence-corrected chi connectivity index (χ3v) is 5.70. The first-order chi connectivity index (χ1) is 11.5. The maximum atomic E-state index is 12.6. The van der Waals surface area contributed by atoms with Crippen molar-refractivity contribution >= 4 is 5.97 Å². The van der Waals surface area contributed by atoms with E-state index in [0.717, 1.165) is 12.8 Å². The summed E-state index contributed by atoms with van der Waals surface area (Å²) >= 11 is 0. The zero-order chi connectivity index (χ0) is 20.8. The summed E-state index contributed by atoms with van der Waals surface area (Å²) in [6, 6.07) is 0. The molecule has 0 aliphatic heterocycles. The molecule has 0 heterocycles. The number of esters is 1. The van der Waals surface area contributed by atoms with Gasteiger partial charge in [-0.25, -0.2) is 0 Å². The molecule has 0 amide bonds. The monoisotopic (exact) mass is 372 g/mol. The molecule has 4 nitrogen and oxygen atoms in total. The minimum absolute atomic E-state index is 0.0963. The maximum absolute atomic E-state index is 12.6. The SMILES string of the molecule is COC(C)(C)CCOC(C)(C)CCOC(=O)C(C)(C)CC(C)(C)C(C)C. The molecule has 0 aliphatic rings. The van der Waals surface area contributed by atoms with E-state index >= 15 is 0 Å². The predicted octanol–water partition coefficient (Wildman–Crippen LogP) is 5.63. The van der Waals surface area contributed by atoms with Crippen molar-refractivity contribution in [2.45, 2.75) is 99.7 Å². The molecule has 0 rings (SSSR count). The van der Waals surface area contributed by atoms with Gasteiger partial charge < -0.3 is 14.2 Å². The summed E-state index contributed by atoms with van der Waals surface area (Å²) in [6.07, 6.45) is 2.31. The average Bonchev–Trinajstić information content (AvgIpc) is 2.45. The van der Waals surface area contributed by atoms with Gasteiger partial charge in [-0.05, 0) is 65.7 Å². The number of rotatable bonds is 12. The van der Waals surface area contributed by atoms with Crippen molar-refractivity contribution in [2.75, 3.05) is 20.3 Å². The molecule has 0 radical (unpaired) electrons. The first-order valence-electron chi connectivity index (χ1n) is 9.91. The van der Waals surface area contributed by atoms with Crippen LogP contribution in [-0.2, 0) is 19.0 Å². The Labute approximate surface area is 162 Å². The summed E-state index contributed by atoms with van der Waals surface area (Å²) < 4.78 is 17.0. The maximum Gasteiger partial charge on any atom is 0.311 e. The number of methoxy groups -OCH3 is 1. The molecule has 0 aromatic carbocycles. The third kappa shape index (κ3) is 9.36. The zero-order valence-electron chi connectivity index (χ0n) is 19.2. The smallest absolute Gasteiger partial charge is 0.311 e. The van der Waals surface area contributed by atoms with Crippen LogP contribution in [0.15, 0.2) is 0 Å². The van der Waals surface area contributed by atoms with Crippen LogP contribution in [0.1, 0.15) is 88.5 Å². The first kappa shape index (κ1) is 25.4. The van der Waals surface area contributed by atoms with E-state index in [2.05, 4.69) is 27.7 Å². The molecular formula is C22H44O4. The second-order valence-corrected chi connectivity index (χ2v) is 10.4. The molecule has 156 valence electrons. The summed E-state index contributed by atoms with van der Waals surface area (Å²) in [7, 11) is 1.72. The highest BCUT2D eigenvalue weighted by Gasteiger charge is 2.37. The molecule has 0 saturated heterocycles. The van der Waals surface area contributed by atoms with Crippen LogP contribution < -0.4 is 0 Å². The van der Waals surface area contributed by atoms with E-state index in [4.69, 9.17) is 14.2 Å². The standard InChI is InChI=1S/C22H44O4/c1-17(2)19(3,4)16-20(5,6)18(23)25-14-12-22(9,10)26-15-13-21(7,8)24-11/h17H,12-16H2,1-11H3. The number of hydrogen-bond acceptors (Lipinski definition) is 4. The van der Waals surface area contributed by atoms with E-state index in [-0.39, 0.29) is 22.6 Å². The van der Waals surface area contributed by atoms with Crippen molar-refractivity contribution in [2.24, 2.45) is 16.7 Å². The molecule has 0 N–H and O–H groups in total. The van der Waals surface area contributed by atoms with Crippen LogP contribution in [-0.4, -0.2) is 37.5 Å². The molecule has 0 fully saturated rings. The van der Waals surface area contributed by atoms with Gasteiger partial charge in [-0.1, -0.05) is 27.7 Å². The summed E-state index contributed by atoms with van der Waals surface area (Å²) in [5, 5.41) is 0. The van der Waals surface area contributed by atoms with Gasteiger partial charge in [0.2, 0.25) is 0 Å². The average molecular weight is 373 g/mol. The van der Waals surface area contributed by atoms with Gasteiger partial charge in [0.15, 0.2) is 0 Å². The fourth-order valence-corrected chi connectivity index (χ4v) is 2.75. The Morgan fingerprint density at radius 1 is 0.846 bits per heavy atom. The summed E-state index contributed by atoms with van der Waals surface area (Å²) in [6.45, 7) is 22.0. The Bertz CT molecular complexity index is 433. The molecule has 0 atom stereocenters. The van der Waals surface area contributed by atoms with Gasteiger partial charge in [-0.3, -0.25) is 4.79 Å². The van der Waals surface area contributed by atoms with Gasteiger partial charge in [-0.15, -0.1) is 0 Å². The number of carbonyl (C=O) groups excluding carboxylic acids is 1. The van der Waals surface area contributed by atoms with Crippen LogP contribution in [0.5, 0.6) is 0 Å².